The van der Waals surface area contributed by atoms with Crippen LogP contribution in [-0.2, 0) is 10.3 Å². The number of amides is 1. The number of anilines is 1. The fourth-order valence-corrected chi connectivity index (χ4v) is 3.43. The van der Waals surface area contributed by atoms with Crippen LogP contribution in [0.3, 0.4) is 0 Å². The lowest BCUT2D eigenvalue weighted by atomic mass is 9.81. The van der Waals surface area contributed by atoms with E-state index in [4.69, 9.17) is 4.74 Å². The highest BCUT2D eigenvalue weighted by Gasteiger charge is 2.42. The molecule has 21 heavy (non-hydrogen) atoms. The maximum Gasteiger partial charge on any atom is 0.414 e. The van der Waals surface area contributed by atoms with Gasteiger partial charge in [-0.1, -0.05) is 18.2 Å². The van der Waals surface area contributed by atoms with E-state index < -0.39 is 5.60 Å². The molecule has 1 aromatic carbocycles. The Kier molecular flexibility index (Phi) is 3.44. The molecule has 1 spiro atoms. The van der Waals surface area contributed by atoms with Crippen molar-refractivity contribution in [1.82, 2.24) is 5.32 Å². The first-order valence-corrected chi connectivity index (χ1v) is 7.76. The average molecular weight is 288 g/mol. The van der Waals surface area contributed by atoms with Crippen LogP contribution in [0.2, 0.25) is 0 Å². The van der Waals surface area contributed by atoms with Crippen molar-refractivity contribution in [2.45, 2.75) is 51.2 Å². The van der Waals surface area contributed by atoms with Gasteiger partial charge in [-0.3, -0.25) is 4.90 Å². The third-order valence-electron chi connectivity index (χ3n) is 4.33. The Balaban J connectivity index is 1.93. The second kappa shape index (κ2) is 5.02. The summed E-state index contributed by atoms with van der Waals surface area (Å²) in [7, 11) is 0. The zero-order chi connectivity index (χ0) is 15.1. The molecule has 1 fully saturated rings. The molecule has 1 saturated heterocycles. The Morgan fingerprint density at radius 2 is 2.05 bits per heavy atom. The molecule has 0 aliphatic carbocycles. The smallest absolute Gasteiger partial charge is 0.414 e. The van der Waals surface area contributed by atoms with Crippen LogP contribution in [-0.4, -0.2) is 24.8 Å². The molecule has 0 aromatic heterocycles. The number of hydrogen-bond donors (Lipinski definition) is 1. The summed E-state index contributed by atoms with van der Waals surface area (Å²) in [6.07, 6.45) is 3.04. The minimum Gasteiger partial charge on any atom is -0.443 e. The van der Waals surface area contributed by atoms with Gasteiger partial charge in [-0.2, -0.15) is 0 Å². The molecule has 2 heterocycles. The first-order valence-electron chi connectivity index (χ1n) is 7.76. The average Bonchev–Trinajstić information content (AvgIpc) is 2.87. The van der Waals surface area contributed by atoms with Gasteiger partial charge >= 0.3 is 6.09 Å². The summed E-state index contributed by atoms with van der Waals surface area (Å²) in [5.41, 5.74) is 1.81. The number of benzene rings is 1. The zero-order valence-electron chi connectivity index (χ0n) is 13.1. The maximum absolute atomic E-state index is 12.5. The lowest BCUT2D eigenvalue weighted by Crippen LogP contribution is -2.48. The third-order valence-corrected chi connectivity index (χ3v) is 4.33. The van der Waals surface area contributed by atoms with E-state index in [0.717, 1.165) is 25.1 Å². The van der Waals surface area contributed by atoms with Crippen molar-refractivity contribution in [3.8, 4) is 0 Å². The van der Waals surface area contributed by atoms with E-state index in [0.29, 0.717) is 6.54 Å². The highest BCUT2D eigenvalue weighted by atomic mass is 16.6. The molecule has 114 valence electrons. The van der Waals surface area contributed by atoms with E-state index in [9.17, 15) is 4.79 Å². The van der Waals surface area contributed by atoms with Gasteiger partial charge in [0.1, 0.15) is 5.60 Å². The molecule has 4 nitrogen and oxygen atoms in total. The molecule has 2 aliphatic rings. The molecule has 0 saturated carbocycles. The minimum absolute atomic E-state index is 0.0507. The van der Waals surface area contributed by atoms with E-state index in [1.54, 1.807) is 4.90 Å². The molecule has 1 atom stereocenters. The molecule has 1 amide bonds. The first kappa shape index (κ1) is 14.4. The van der Waals surface area contributed by atoms with E-state index in [2.05, 4.69) is 17.4 Å². The summed E-state index contributed by atoms with van der Waals surface area (Å²) >= 11 is 0. The predicted octanol–water partition coefficient (Wildman–Crippen LogP) is 3.41. The van der Waals surface area contributed by atoms with Gasteiger partial charge in [0.05, 0.1) is 5.69 Å². The Hall–Kier alpha value is -1.55. The number of carbonyl (C=O) groups excluding carboxylic acids is 1. The van der Waals surface area contributed by atoms with Crippen molar-refractivity contribution < 1.29 is 9.53 Å². The third kappa shape index (κ3) is 2.64. The summed E-state index contributed by atoms with van der Waals surface area (Å²) < 4.78 is 5.55. The molecule has 2 aliphatic heterocycles. The summed E-state index contributed by atoms with van der Waals surface area (Å²) in [5, 5.41) is 3.66. The van der Waals surface area contributed by atoms with Gasteiger partial charge in [-0.05, 0) is 58.2 Å². The fourth-order valence-electron chi connectivity index (χ4n) is 3.43. The molecule has 1 N–H and O–H groups in total. The van der Waals surface area contributed by atoms with Gasteiger partial charge in [0.25, 0.3) is 0 Å². The highest BCUT2D eigenvalue weighted by Crippen LogP contribution is 2.43. The Bertz CT molecular complexity index is 542. The van der Waals surface area contributed by atoms with Crippen molar-refractivity contribution >= 4 is 11.8 Å². The second-order valence-corrected chi connectivity index (χ2v) is 7.01. The van der Waals surface area contributed by atoms with Gasteiger partial charge in [0.2, 0.25) is 0 Å². The van der Waals surface area contributed by atoms with Crippen molar-refractivity contribution in [2.75, 3.05) is 18.0 Å². The number of fused-ring (bicyclic) bond motifs is 2. The number of nitrogens with one attached hydrogen (secondary N) is 1. The second-order valence-electron chi connectivity index (χ2n) is 7.01. The van der Waals surface area contributed by atoms with Gasteiger partial charge < -0.3 is 10.1 Å². The highest BCUT2D eigenvalue weighted by molar-refractivity contribution is 5.90. The number of para-hydroxylation sites is 1. The van der Waals surface area contributed by atoms with Gasteiger partial charge in [-0.15, -0.1) is 0 Å². The summed E-state index contributed by atoms with van der Waals surface area (Å²) in [6.45, 7) is 7.47. The molecular formula is C17H24N2O2. The topological polar surface area (TPSA) is 41.6 Å². The van der Waals surface area contributed by atoms with Crippen LogP contribution >= 0.6 is 0 Å². The van der Waals surface area contributed by atoms with E-state index in [1.807, 2.05) is 32.9 Å². The summed E-state index contributed by atoms with van der Waals surface area (Å²) in [4.78, 5) is 14.2. The number of rotatable bonds is 0. The largest absolute Gasteiger partial charge is 0.443 e. The monoisotopic (exact) mass is 288 g/mol. The number of nitrogens with zero attached hydrogens (tertiary/aromatic N) is 1. The van der Waals surface area contributed by atoms with E-state index >= 15 is 0 Å². The van der Waals surface area contributed by atoms with Crippen LogP contribution in [0.25, 0.3) is 0 Å². The first-order chi connectivity index (χ1) is 9.91. The van der Waals surface area contributed by atoms with Crippen molar-refractivity contribution in [2.24, 2.45) is 0 Å². The number of ether oxygens (including phenoxy) is 1. The van der Waals surface area contributed by atoms with Crippen molar-refractivity contribution in [3.63, 3.8) is 0 Å². The SMILES string of the molecule is CC(C)(C)OC(=O)N1CC[C@]2(CCCN2)c2ccccc21. The van der Waals surface area contributed by atoms with Crippen molar-refractivity contribution in [3.05, 3.63) is 29.8 Å². The van der Waals surface area contributed by atoms with E-state index in [-0.39, 0.29) is 11.6 Å². The normalized spacial score (nSPS) is 25.0. The van der Waals surface area contributed by atoms with E-state index in [1.165, 1.54) is 12.0 Å². The van der Waals surface area contributed by atoms with Crippen LogP contribution in [0.1, 0.15) is 45.6 Å². The van der Waals surface area contributed by atoms with Crippen molar-refractivity contribution in [1.29, 1.82) is 0 Å². The standard InChI is InChI=1S/C17H24N2O2/c1-16(2,3)21-15(20)19-12-10-17(9-6-11-18-17)13-7-4-5-8-14(13)19/h4-5,7-8,18H,6,9-12H2,1-3H3/t17-/m1/s1. The Morgan fingerprint density at radius 3 is 2.71 bits per heavy atom. The van der Waals surface area contributed by atoms with Crippen LogP contribution in [0.5, 0.6) is 0 Å². The lowest BCUT2D eigenvalue weighted by Gasteiger charge is -2.41. The Labute approximate surface area is 126 Å². The van der Waals surface area contributed by atoms with Crippen LogP contribution in [0.15, 0.2) is 24.3 Å². The maximum atomic E-state index is 12.5. The molecule has 0 unspecified atom stereocenters. The molecular weight excluding hydrogens is 264 g/mol. The van der Waals surface area contributed by atoms with Gasteiger partial charge in [0.15, 0.2) is 0 Å². The van der Waals surface area contributed by atoms with Gasteiger partial charge in [-0.25, -0.2) is 4.79 Å². The number of hydrogen-bond acceptors (Lipinski definition) is 3. The van der Waals surface area contributed by atoms with Crippen LogP contribution < -0.4 is 10.2 Å². The predicted molar refractivity (Wildman–Crippen MR) is 83.6 cm³/mol. The summed E-state index contributed by atoms with van der Waals surface area (Å²) in [6, 6.07) is 8.22. The fraction of sp³-hybridized carbons (Fsp3) is 0.588. The number of carbonyl (C=O) groups is 1. The Morgan fingerprint density at radius 1 is 1.29 bits per heavy atom. The van der Waals surface area contributed by atoms with Crippen LogP contribution in [0, 0.1) is 0 Å². The molecule has 3 rings (SSSR count). The molecule has 0 radical (unpaired) electrons. The minimum atomic E-state index is -0.466. The molecule has 4 heteroatoms. The lowest BCUT2D eigenvalue weighted by molar-refractivity contribution is 0.0572. The summed E-state index contributed by atoms with van der Waals surface area (Å²) in [5.74, 6) is 0. The van der Waals surface area contributed by atoms with Gasteiger partial charge in [0, 0.05) is 12.1 Å². The van der Waals surface area contributed by atoms with Crippen LogP contribution in [0.4, 0.5) is 10.5 Å². The quantitative estimate of drug-likeness (QED) is 0.795. The molecule has 0 bridgehead atoms. The zero-order valence-corrected chi connectivity index (χ0v) is 13.1. The molecule has 1 aromatic rings.